The van der Waals surface area contributed by atoms with Crippen LogP contribution in [0.2, 0.25) is 0 Å². The molecule has 0 aliphatic heterocycles. The van der Waals surface area contributed by atoms with Crippen LogP contribution in [0.3, 0.4) is 0 Å². The molecule has 0 amide bonds. The highest BCUT2D eigenvalue weighted by Crippen LogP contribution is 2.28. The number of nitrogens with zero attached hydrogens (tertiary/aromatic N) is 1. The summed E-state index contributed by atoms with van der Waals surface area (Å²) in [6.07, 6.45) is 10.3. The van der Waals surface area contributed by atoms with Gasteiger partial charge in [-0.05, 0) is 67.0 Å². The van der Waals surface area contributed by atoms with Gasteiger partial charge in [0.1, 0.15) is 0 Å². The van der Waals surface area contributed by atoms with E-state index in [2.05, 4.69) is 29.2 Å². The van der Waals surface area contributed by atoms with Crippen molar-refractivity contribution in [1.29, 1.82) is 0 Å². The maximum Gasteiger partial charge on any atom is 0.337 e. The van der Waals surface area contributed by atoms with Crippen molar-refractivity contribution in [2.45, 2.75) is 70.9 Å². The molecule has 0 atom stereocenters. The van der Waals surface area contributed by atoms with Gasteiger partial charge in [-0.3, -0.25) is 9.69 Å². The molecule has 0 bridgehead atoms. The van der Waals surface area contributed by atoms with Crippen molar-refractivity contribution in [3.05, 3.63) is 70.8 Å². The summed E-state index contributed by atoms with van der Waals surface area (Å²) in [6.45, 7) is 3.62. The second-order valence-corrected chi connectivity index (χ2v) is 10.1. The largest absolute Gasteiger partial charge is 0.469 e. The summed E-state index contributed by atoms with van der Waals surface area (Å²) < 4.78 is 15.6. The zero-order chi connectivity index (χ0) is 26.3. The molecule has 202 valence electrons. The fraction of sp³-hybridized carbons (Fsp3) is 0.548. The summed E-state index contributed by atoms with van der Waals surface area (Å²) in [4.78, 5) is 25.5. The van der Waals surface area contributed by atoms with E-state index in [-0.39, 0.29) is 11.9 Å². The fourth-order valence-electron chi connectivity index (χ4n) is 4.95. The van der Waals surface area contributed by atoms with E-state index in [9.17, 15) is 9.59 Å². The normalized spacial score (nSPS) is 13.7. The number of carbonyl (C=O) groups is 2. The van der Waals surface area contributed by atoms with Gasteiger partial charge in [-0.15, -0.1) is 0 Å². The number of aryl methyl sites for hydroxylation is 1. The molecule has 0 aromatic heterocycles. The Morgan fingerprint density at radius 1 is 0.838 bits per heavy atom. The van der Waals surface area contributed by atoms with Gasteiger partial charge < -0.3 is 14.2 Å². The third kappa shape index (κ3) is 10.7. The van der Waals surface area contributed by atoms with E-state index in [4.69, 9.17) is 14.2 Å². The average molecular weight is 510 g/mol. The first-order chi connectivity index (χ1) is 18.1. The van der Waals surface area contributed by atoms with Crippen LogP contribution in [0.4, 0.5) is 0 Å². The SMILES string of the molecule is COC(=O)CCCCN(CCOCc1ccc(CCC2CCCC2)cc1)Cc1ccc(C(=O)OC)cc1. The third-order valence-electron chi connectivity index (χ3n) is 7.27. The maximum absolute atomic E-state index is 11.7. The van der Waals surface area contributed by atoms with E-state index < -0.39 is 0 Å². The van der Waals surface area contributed by atoms with Crippen LogP contribution in [0.15, 0.2) is 48.5 Å². The van der Waals surface area contributed by atoms with E-state index in [1.807, 2.05) is 12.1 Å². The third-order valence-corrected chi connectivity index (χ3v) is 7.27. The number of rotatable bonds is 16. The minimum absolute atomic E-state index is 0.169. The molecule has 6 nitrogen and oxygen atoms in total. The number of esters is 2. The van der Waals surface area contributed by atoms with Gasteiger partial charge in [0, 0.05) is 19.5 Å². The molecule has 2 aromatic carbocycles. The Labute approximate surface area is 222 Å². The monoisotopic (exact) mass is 509 g/mol. The number of unbranched alkanes of at least 4 members (excludes halogenated alkanes) is 1. The van der Waals surface area contributed by atoms with E-state index in [1.54, 1.807) is 12.1 Å². The van der Waals surface area contributed by atoms with E-state index in [1.165, 1.54) is 63.9 Å². The molecule has 0 spiro atoms. The second-order valence-electron chi connectivity index (χ2n) is 10.1. The highest BCUT2D eigenvalue weighted by molar-refractivity contribution is 5.89. The lowest BCUT2D eigenvalue weighted by molar-refractivity contribution is -0.140. The van der Waals surface area contributed by atoms with Crippen LogP contribution in [0, 0.1) is 5.92 Å². The van der Waals surface area contributed by atoms with Crippen LogP contribution in [0.5, 0.6) is 0 Å². The molecule has 0 N–H and O–H groups in total. The van der Waals surface area contributed by atoms with Crippen LogP contribution in [0.1, 0.15) is 78.4 Å². The molecular formula is C31H43NO5. The molecule has 3 rings (SSSR count). The summed E-state index contributed by atoms with van der Waals surface area (Å²) in [5.41, 5.74) is 4.29. The van der Waals surface area contributed by atoms with Crippen molar-refractivity contribution in [1.82, 2.24) is 4.90 Å². The smallest absolute Gasteiger partial charge is 0.337 e. The predicted molar refractivity (Wildman–Crippen MR) is 145 cm³/mol. The van der Waals surface area contributed by atoms with Gasteiger partial charge in [0.05, 0.1) is 33.0 Å². The molecule has 1 saturated carbocycles. The van der Waals surface area contributed by atoms with Gasteiger partial charge in [-0.25, -0.2) is 4.79 Å². The Morgan fingerprint density at radius 2 is 1.51 bits per heavy atom. The number of benzene rings is 2. The van der Waals surface area contributed by atoms with Crippen LogP contribution in [-0.2, 0) is 38.6 Å². The fourth-order valence-corrected chi connectivity index (χ4v) is 4.95. The van der Waals surface area contributed by atoms with E-state index >= 15 is 0 Å². The number of hydrogen-bond donors (Lipinski definition) is 0. The number of carbonyl (C=O) groups excluding carboxylic acids is 2. The number of hydrogen-bond acceptors (Lipinski definition) is 6. The Bertz CT molecular complexity index is 935. The topological polar surface area (TPSA) is 65.1 Å². The summed E-state index contributed by atoms with van der Waals surface area (Å²) in [6, 6.07) is 16.4. The van der Waals surface area contributed by atoms with Crippen molar-refractivity contribution >= 4 is 11.9 Å². The van der Waals surface area contributed by atoms with Crippen molar-refractivity contribution in [2.75, 3.05) is 33.9 Å². The first-order valence-corrected chi connectivity index (χ1v) is 13.7. The highest BCUT2D eigenvalue weighted by atomic mass is 16.5. The maximum atomic E-state index is 11.7. The molecular weight excluding hydrogens is 466 g/mol. The minimum atomic E-state index is -0.332. The summed E-state index contributed by atoms with van der Waals surface area (Å²) >= 11 is 0. The Kier molecular flexibility index (Phi) is 12.6. The van der Waals surface area contributed by atoms with Crippen LogP contribution < -0.4 is 0 Å². The zero-order valence-electron chi connectivity index (χ0n) is 22.6. The van der Waals surface area contributed by atoms with Gasteiger partial charge in [0.15, 0.2) is 0 Å². The molecule has 1 aliphatic rings. The summed E-state index contributed by atoms with van der Waals surface area (Å²) in [5.74, 6) is 0.427. The second kappa shape index (κ2) is 16.2. The Balaban J connectivity index is 1.43. The Hall–Kier alpha value is -2.70. The molecule has 1 aliphatic carbocycles. The van der Waals surface area contributed by atoms with Gasteiger partial charge in [0.2, 0.25) is 0 Å². The molecule has 6 heteroatoms. The van der Waals surface area contributed by atoms with Crippen molar-refractivity contribution in [3.63, 3.8) is 0 Å². The van der Waals surface area contributed by atoms with Crippen LogP contribution >= 0.6 is 0 Å². The van der Waals surface area contributed by atoms with Crippen LogP contribution in [-0.4, -0.2) is 50.8 Å². The number of methoxy groups -OCH3 is 2. The van der Waals surface area contributed by atoms with Crippen molar-refractivity contribution < 1.29 is 23.8 Å². The standard InChI is InChI=1S/C31H43NO5/c1-35-30(33)9-5-6-20-32(23-27-16-18-29(19-17-27)31(34)36-2)21-22-37-24-28-14-12-26(13-15-28)11-10-25-7-3-4-8-25/h12-19,25H,3-11,20-24H2,1-2H3. The summed E-state index contributed by atoms with van der Waals surface area (Å²) in [5, 5.41) is 0. The van der Waals surface area contributed by atoms with Crippen LogP contribution in [0.25, 0.3) is 0 Å². The quantitative estimate of drug-likeness (QED) is 0.206. The lowest BCUT2D eigenvalue weighted by atomic mass is 9.98. The average Bonchev–Trinajstić information content (AvgIpc) is 3.46. The van der Waals surface area contributed by atoms with Gasteiger partial charge >= 0.3 is 11.9 Å². The van der Waals surface area contributed by atoms with Gasteiger partial charge in [0.25, 0.3) is 0 Å². The molecule has 0 saturated heterocycles. The Morgan fingerprint density at radius 3 is 2.19 bits per heavy atom. The first-order valence-electron chi connectivity index (χ1n) is 13.7. The summed E-state index contributed by atoms with van der Waals surface area (Å²) in [7, 11) is 2.81. The van der Waals surface area contributed by atoms with Crippen molar-refractivity contribution in [2.24, 2.45) is 5.92 Å². The number of ether oxygens (including phenoxy) is 3. The zero-order valence-corrected chi connectivity index (χ0v) is 22.6. The molecule has 2 aromatic rings. The lowest BCUT2D eigenvalue weighted by Gasteiger charge is -2.22. The van der Waals surface area contributed by atoms with E-state index in [0.717, 1.165) is 44.0 Å². The van der Waals surface area contributed by atoms with Crippen molar-refractivity contribution in [3.8, 4) is 0 Å². The molecule has 0 heterocycles. The molecule has 37 heavy (non-hydrogen) atoms. The molecule has 1 fully saturated rings. The van der Waals surface area contributed by atoms with Gasteiger partial charge in [-0.1, -0.05) is 62.1 Å². The predicted octanol–water partition coefficient (Wildman–Crippen LogP) is 5.96. The molecule has 0 radical (unpaired) electrons. The highest BCUT2D eigenvalue weighted by Gasteiger charge is 2.14. The van der Waals surface area contributed by atoms with E-state index in [0.29, 0.717) is 25.2 Å². The van der Waals surface area contributed by atoms with Gasteiger partial charge in [-0.2, -0.15) is 0 Å². The minimum Gasteiger partial charge on any atom is -0.469 e. The molecule has 0 unspecified atom stereocenters. The first kappa shape index (κ1) is 28.9. The lowest BCUT2D eigenvalue weighted by Crippen LogP contribution is -2.28.